The maximum atomic E-state index is 6.06. The van der Waals surface area contributed by atoms with Gasteiger partial charge in [-0.05, 0) is 51.4 Å². The quantitative estimate of drug-likeness (QED) is 0.829. The van der Waals surface area contributed by atoms with Crippen molar-refractivity contribution in [2.45, 2.75) is 44.8 Å². The van der Waals surface area contributed by atoms with Crippen molar-refractivity contribution in [3.8, 4) is 5.75 Å². The molecule has 112 valence electrons. The fourth-order valence-electron chi connectivity index (χ4n) is 3.01. The van der Waals surface area contributed by atoms with Gasteiger partial charge < -0.3 is 15.0 Å². The third-order valence-electron chi connectivity index (χ3n) is 4.24. The molecule has 3 heteroatoms. The van der Waals surface area contributed by atoms with E-state index >= 15 is 0 Å². The van der Waals surface area contributed by atoms with Crippen molar-refractivity contribution in [1.82, 2.24) is 10.2 Å². The minimum Gasteiger partial charge on any atom is -0.490 e. The fraction of sp³-hybridized carbons (Fsp3) is 0.647. The van der Waals surface area contributed by atoms with Crippen LogP contribution in [0.2, 0.25) is 0 Å². The molecule has 0 radical (unpaired) electrons. The molecule has 2 rings (SSSR count). The van der Waals surface area contributed by atoms with Gasteiger partial charge >= 0.3 is 0 Å². The average Bonchev–Trinajstić information content (AvgIpc) is 2.50. The number of hydrogen-bond acceptors (Lipinski definition) is 3. The van der Waals surface area contributed by atoms with E-state index in [2.05, 4.69) is 17.1 Å². The highest BCUT2D eigenvalue weighted by atomic mass is 16.5. The number of likely N-dealkylation sites (tertiary alicyclic amines) is 1. The summed E-state index contributed by atoms with van der Waals surface area (Å²) in [6.07, 6.45) is 5.16. The second-order valence-electron chi connectivity index (χ2n) is 5.62. The predicted molar refractivity (Wildman–Crippen MR) is 84.3 cm³/mol. The molecule has 0 amide bonds. The maximum absolute atomic E-state index is 6.06. The van der Waals surface area contributed by atoms with Crippen LogP contribution in [-0.4, -0.2) is 43.7 Å². The summed E-state index contributed by atoms with van der Waals surface area (Å²) in [5.41, 5.74) is 0. The molecule has 1 unspecified atom stereocenters. The van der Waals surface area contributed by atoms with Crippen LogP contribution in [0.3, 0.4) is 0 Å². The zero-order valence-electron chi connectivity index (χ0n) is 12.8. The molecule has 1 aliphatic rings. The lowest BCUT2D eigenvalue weighted by Crippen LogP contribution is -2.44. The highest BCUT2D eigenvalue weighted by Gasteiger charge is 2.24. The van der Waals surface area contributed by atoms with Crippen LogP contribution in [0.5, 0.6) is 5.75 Å². The fourth-order valence-corrected chi connectivity index (χ4v) is 3.01. The van der Waals surface area contributed by atoms with Gasteiger partial charge in [-0.1, -0.05) is 25.1 Å². The van der Waals surface area contributed by atoms with Crippen LogP contribution in [0.25, 0.3) is 0 Å². The van der Waals surface area contributed by atoms with Gasteiger partial charge in [0.25, 0.3) is 0 Å². The van der Waals surface area contributed by atoms with Gasteiger partial charge in [-0.2, -0.15) is 0 Å². The van der Waals surface area contributed by atoms with Crippen molar-refractivity contribution in [3.63, 3.8) is 0 Å². The van der Waals surface area contributed by atoms with Crippen LogP contribution in [0, 0.1) is 0 Å². The van der Waals surface area contributed by atoms with Crippen LogP contribution in [0.4, 0.5) is 0 Å². The van der Waals surface area contributed by atoms with E-state index in [-0.39, 0.29) is 0 Å². The van der Waals surface area contributed by atoms with E-state index in [1.54, 1.807) is 0 Å². The lowest BCUT2D eigenvalue weighted by atomic mass is 10.0. The molecule has 1 N–H and O–H groups in total. The van der Waals surface area contributed by atoms with Crippen molar-refractivity contribution in [2.75, 3.05) is 26.7 Å². The van der Waals surface area contributed by atoms with Crippen molar-refractivity contribution in [1.29, 1.82) is 0 Å². The van der Waals surface area contributed by atoms with E-state index in [1.807, 2.05) is 37.4 Å². The molecule has 20 heavy (non-hydrogen) atoms. The van der Waals surface area contributed by atoms with Gasteiger partial charge in [-0.15, -0.1) is 0 Å². The molecule has 3 nitrogen and oxygen atoms in total. The number of nitrogens with one attached hydrogen (secondary N) is 1. The van der Waals surface area contributed by atoms with E-state index in [0.717, 1.165) is 31.2 Å². The molecule has 0 aliphatic carbocycles. The number of hydrogen-bond donors (Lipinski definition) is 1. The van der Waals surface area contributed by atoms with E-state index in [1.165, 1.54) is 25.9 Å². The molecule has 1 heterocycles. The Balaban J connectivity index is 1.76. The minimum atomic E-state index is 0.385. The van der Waals surface area contributed by atoms with Crippen molar-refractivity contribution < 1.29 is 4.74 Å². The average molecular weight is 276 g/mol. The Hall–Kier alpha value is -1.06. The molecule has 1 saturated heterocycles. The van der Waals surface area contributed by atoms with Crippen LogP contribution in [0.15, 0.2) is 30.3 Å². The Kier molecular flexibility index (Phi) is 6.34. The Labute approximate surface area is 123 Å². The molecule has 1 aromatic rings. The van der Waals surface area contributed by atoms with Crippen molar-refractivity contribution in [3.05, 3.63) is 30.3 Å². The Bertz CT molecular complexity index is 361. The topological polar surface area (TPSA) is 24.5 Å². The van der Waals surface area contributed by atoms with E-state index in [9.17, 15) is 0 Å². The first kappa shape index (κ1) is 15.3. The highest BCUT2D eigenvalue weighted by molar-refractivity contribution is 5.21. The zero-order valence-corrected chi connectivity index (χ0v) is 12.8. The van der Waals surface area contributed by atoms with Gasteiger partial charge in [0, 0.05) is 19.1 Å². The van der Waals surface area contributed by atoms with Gasteiger partial charge in [-0.25, -0.2) is 0 Å². The molecule has 1 aromatic carbocycles. The molecule has 1 atom stereocenters. The number of ether oxygens (including phenoxy) is 1. The zero-order chi connectivity index (χ0) is 14.2. The predicted octanol–water partition coefficient (Wildman–Crippen LogP) is 2.92. The Morgan fingerprint density at radius 3 is 2.55 bits per heavy atom. The lowest BCUT2D eigenvalue weighted by Gasteiger charge is -2.37. The number of benzene rings is 1. The van der Waals surface area contributed by atoms with Gasteiger partial charge in [0.05, 0.1) is 0 Å². The molecular formula is C17H28N2O. The Morgan fingerprint density at radius 1 is 1.25 bits per heavy atom. The summed E-state index contributed by atoms with van der Waals surface area (Å²) in [6.45, 7) is 5.74. The maximum Gasteiger partial charge on any atom is 0.119 e. The van der Waals surface area contributed by atoms with Gasteiger partial charge in [-0.3, -0.25) is 0 Å². The van der Waals surface area contributed by atoms with Crippen LogP contribution in [-0.2, 0) is 0 Å². The van der Waals surface area contributed by atoms with Crippen molar-refractivity contribution >= 4 is 0 Å². The van der Waals surface area contributed by atoms with Gasteiger partial charge in [0.1, 0.15) is 11.9 Å². The smallest absolute Gasteiger partial charge is 0.119 e. The minimum absolute atomic E-state index is 0.385. The highest BCUT2D eigenvalue weighted by Crippen LogP contribution is 2.21. The summed E-state index contributed by atoms with van der Waals surface area (Å²) >= 11 is 0. The molecule has 0 bridgehead atoms. The van der Waals surface area contributed by atoms with E-state index < -0.39 is 0 Å². The van der Waals surface area contributed by atoms with E-state index in [0.29, 0.717) is 6.10 Å². The first-order valence-corrected chi connectivity index (χ1v) is 7.93. The number of para-hydroxylation sites is 1. The molecule has 0 spiro atoms. The lowest BCUT2D eigenvalue weighted by molar-refractivity contribution is 0.0713. The SMILES string of the molecule is CCC(CCNC)N1CCC(Oc2ccccc2)CC1. The summed E-state index contributed by atoms with van der Waals surface area (Å²) in [5.74, 6) is 1.01. The normalized spacial score (nSPS) is 18.9. The van der Waals surface area contributed by atoms with Crippen molar-refractivity contribution in [2.24, 2.45) is 0 Å². The molecule has 0 aromatic heterocycles. The van der Waals surface area contributed by atoms with E-state index in [4.69, 9.17) is 4.74 Å². The third kappa shape index (κ3) is 4.50. The van der Waals surface area contributed by atoms with Crippen LogP contribution >= 0.6 is 0 Å². The summed E-state index contributed by atoms with van der Waals surface area (Å²) in [6, 6.07) is 10.9. The Morgan fingerprint density at radius 2 is 1.95 bits per heavy atom. The van der Waals surface area contributed by atoms with Crippen LogP contribution in [0.1, 0.15) is 32.6 Å². The second-order valence-corrected chi connectivity index (χ2v) is 5.62. The van der Waals surface area contributed by atoms with Crippen LogP contribution < -0.4 is 10.1 Å². The monoisotopic (exact) mass is 276 g/mol. The summed E-state index contributed by atoms with van der Waals surface area (Å²) in [4.78, 5) is 2.64. The molecular weight excluding hydrogens is 248 g/mol. The molecule has 0 saturated carbocycles. The third-order valence-corrected chi connectivity index (χ3v) is 4.24. The summed E-state index contributed by atoms with van der Waals surface area (Å²) in [7, 11) is 2.03. The number of rotatable bonds is 7. The summed E-state index contributed by atoms with van der Waals surface area (Å²) < 4.78 is 6.06. The van der Waals surface area contributed by atoms with Gasteiger partial charge in [0.2, 0.25) is 0 Å². The number of piperidine rings is 1. The molecule has 1 aliphatic heterocycles. The summed E-state index contributed by atoms with van der Waals surface area (Å²) in [5, 5.41) is 3.26. The first-order chi connectivity index (χ1) is 9.83. The first-order valence-electron chi connectivity index (χ1n) is 7.93. The van der Waals surface area contributed by atoms with Gasteiger partial charge in [0.15, 0.2) is 0 Å². The second kappa shape index (κ2) is 8.28. The largest absolute Gasteiger partial charge is 0.490 e. The standard InChI is InChI=1S/C17H28N2O/c1-3-15(9-12-18-2)19-13-10-17(11-14-19)20-16-7-5-4-6-8-16/h4-8,15,17-18H,3,9-14H2,1-2H3. The molecule has 1 fully saturated rings. The number of nitrogens with zero attached hydrogens (tertiary/aromatic N) is 1.